The number of anilines is 1. The highest BCUT2D eigenvalue weighted by Gasteiger charge is 2.40. The number of piperidine rings is 1. The zero-order valence-corrected chi connectivity index (χ0v) is 23.0. The first-order chi connectivity index (χ1) is 17.9. The summed E-state index contributed by atoms with van der Waals surface area (Å²) in [6.45, 7) is 12.9. The molecule has 1 saturated carbocycles. The number of nitrogens with one attached hydrogen (secondary N) is 1. The smallest absolute Gasteiger partial charge is 0.176 e. The van der Waals surface area contributed by atoms with Crippen LogP contribution in [0.4, 0.5) is 5.82 Å². The Hall–Kier alpha value is -2.07. The Bertz CT molecular complexity index is 999. The van der Waals surface area contributed by atoms with Gasteiger partial charge < -0.3 is 24.4 Å². The minimum Gasteiger partial charge on any atom is -0.378 e. The van der Waals surface area contributed by atoms with Gasteiger partial charge in [-0.05, 0) is 68.1 Å². The van der Waals surface area contributed by atoms with E-state index in [0.29, 0.717) is 24.0 Å². The second-order valence-corrected chi connectivity index (χ2v) is 11.9. The molecule has 0 unspecified atom stereocenters. The lowest BCUT2D eigenvalue weighted by Gasteiger charge is -2.47. The molecule has 0 bridgehead atoms. The van der Waals surface area contributed by atoms with Crippen molar-refractivity contribution >= 4 is 5.82 Å². The number of likely N-dealkylation sites (tertiary alicyclic amines) is 1. The highest BCUT2D eigenvalue weighted by Crippen LogP contribution is 2.39. The normalized spacial score (nSPS) is 26.6. The molecule has 2 aromatic heterocycles. The van der Waals surface area contributed by atoms with Gasteiger partial charge in [0.2, 0.25) is 0 Å². The van der Waals surface area contributed by atoms with E-state index in [1.165, 1.54) is 19.4 Å². The van der Waals surface area contributed by atoms with Crippen molar-refractivity contribution in [2.24, 2.45) is 5.41 Å². The zero-order valence-electron chi connectivity index (χ0n) is 23.0. The van der Waals surface area contributed by atoms with Gasteiger partial charge >= 0.3 is 0 Å². The van der Waals surface area contributed by atoms with Crippen LogP contribution in [0, 0.1) is 5.41 Å². The summed E-state index contributed by atoms with van der Waals surface area (Å²) in [7, 11) is 1.69. The standard InChI is InChI=1S/C28H44N6O3/c1-21(2)24-17-23(18-35-4)32-34(24)26-6-5-25(30-31-26)29-22-7-9-27(3,10-8-22)19-33-13-11-28(12-14-33)20-36-15-16-37-28/h5-6,17,21-22H,7-16,18-20H2,1-4H3,(H,29,30). The van der Waals surface area contributed by atoms with E-state index < -0.39 is 0 Å². The lowest BCUT2D eigenvalue weighted by Crippen LogP contribution is -2.53. The Balaban J connectivity index is 1.11. The van der Waals surface area contributed by atoms with Crippen LogP contribution < -0.4 is 5.32 Å². The molecule has 2 aliphatic heterocycles. The van der Waals surface area contributed by atoms with Crippen molar-refractivity contribution in [2.45, 2.75) is 83.5 Å². The Morgan fingerprint density at radius 1 is 1.11 bits per heavy atom. The van der Waals surface area contributed by atoms with Crippen LogP contribution in [0.25, 0.3) is 5.82 Å². The lowest BCUT2D eigenvalue weighted by molar-refractivity contribution is -0.178. The lowest BCUT2D eigenvalue weighted by atomic mass is 9.73. The van der Waals surface area contributed by atoms with Crippen molar-refractivity contribution in [3.63, 3.8) is 0 Å². The van der Waals surface area contributed by atoms with Gasteiger partial charge in [0.05, 0.1) is 37.7 Å². The number of hydrogen-bond donors (Lipinski definition) is 1. The van der Waals surface area contributed by atoms with E-state index in [-0.39, 0.29) is 5.60 Å². The van der Waals surface area contributed by atoms with Crippen molar-refractivity contribution in [2.75, 3.05) is 51.9 Å². The van der Waals surface area contributed by atoms with E-state index >= 15 is 0 Å². The summed E-state index contributed by atoms with van der Waals surface area (Å²) >= 11 is 0. The van der Waals surface area contributed by atoms with E-state index in [1.54, 1.807) is 7.11 Å². The maximum Gasteiger partial charge on any atom is 0.176 e. The first-order valence-electron chi connectivity index (χ1n) is 14.0. The summed E-state index contributed by atoms with van der Waals surface area (Å²) in [5.41, 5.74) is 2.36. The Kier molecular flexibility index (Phi) is 8.14. The average Bonchev–Trinajstić information content (AvgIpc) is 3.33. The Labute approximate surface area is 221 Å². The largest absolute Gasteiger partial charge is 0.378 e. The minimum atomic E-state index is -0.0200. The first-order valence-corrected chi connectivity index (χ1v) is 14.0. The predicted octanol–water partition coefficient (Wildman–Crippen LogP) is 4.17. The van der Waals surface area contributed by atoms with Gasteiger partial charge in [0.1, 0.15) is 5.82 Å². The molecule has 2 aromatic rings. The second kappa shape index (κ2) is 11.4. The fourth-order valence-electron chi connectivity index (χ4n) is 6.17. The van der Waals surface area contributed by atoms with Gasteiger partial charge in [-0.15, -0.1) is 10.2 Å². The molecule has 5 rings (SSSR count). The van der Waals surface area contributed by atoms with Crippen LogP contribution in [-0.2, 0) is 20.8 Å². The van der Waals surface area contributed by atoms with Gasteiger partial charge in [-0.1, -0.05) is 20.8 Å². The van der Waals surface area contributed by atoms with Crippen LogP contribution in [0.2, 0.25) is 0 Å². The number of methoxy groups -OCH3 is 1. The van der Waals surface area contributed by atoms with Crippen LogP contribution in [-0.4, -0.2) is 83.1 Å². The number of rotatable bonds is 8. The van der Waals surface area contributed by atoms with Crippen molar-refractivity contribution in [3.8, 4) is 5.82 Å². The van der Waals surface area contributed by atoms with E-state index in [2.05, 4.69) is 52.4 Å². The summed E-state index contributed by atoms with van der Waals surface area (Å²) in [5, 5.41) is 17.3. The molecule has 0 radical (unpaired) electrons. The van der Waals surface area contributed by atoms with Crippen LogP contribution >= 0.6 is 0 Å². The molecule has 0 atom stereocenters. The molecule has 2 saturated heterocycles. The summed E-state index contributed by atoms with van der Waals surface area (Å²) < 4.78 is 19.0. The summed E-state index contributed by atoms with van der Waals surface area (Å²) in [6.07, 6.45) is 6.95. The second-order valence-electron chi connectivity index (χ2n) is 11.9. The summed E-state index contributed by atoms with van der Waals surface area (Å²) in [5.74, 6) is 1.90. The van der Waals surface area contributed by atoms with Gasteiger partial charge in [-0.3, -0.25) is 0 Å². The molecule has 9 nitrogen and oxygen atoms in total. The third-order valence-electron chi connectivity index (χ3n) is 8.46. The van der Waals surface area contributed by atoms with E-state index in [4.69, 9.17) is 14.2 Å². The summed E-state index contributed by atoms with van der Waals surface area (Å²) in [6, 6.07) is 6.55. The molecule has 204 valence electrons. The zero-order chi connectivity index (χ0) is 25.9. The van der Waals surface area contributed by atoms with E-state index in [1.807, 2.05) is 16.8 Å². The van der Waals surface area contributed by atoms with Gasteiger partial charge in [-0.2, -0.15) is 5.10 Å². The fraction of sp³-hybridized carbons (Fsp3) is 0.750. The van der Waals surface area contributed by atoms with Gasteiger partial charge in [0, 0.05) is 38.5 Å². The number of nitrogens with zero attached hydrogens (tertiary/aromatic N) is 5. The summed E-state index contributed by atoms with van der Waals surface area (Å²) in [4.78, 5) is 2.65. The number of aromatic nitrogens is 4. The number of hydrogen-bond acceptors (Lipinski definition) is 8. The molecule has 9 heteroatoms. The minimum absolute atomic E-state index is 0.0200. The number of ether oxygens (including phenoxy) is 3. The Morgan fingerprint density at radius 2 is 1.89 bits per heavy atom. The van der Waals surface area contributed by atoms with Gasteiger partial charge in [0.25, 0.3) is 0 Å². The third-order valence-corrected chi connectivity index (χ3v) is 8.46. The topological polar surface area (TPSA) is 86.6 Å². The van der Waals surface area contributed by atoms with Crippen LogP contribution in [0.1, 0.15) is 76.6 Å². The third kappa shape index (κ3) is 6.33. The van der Waals surface area contributed by atoms with E-state index in [0.717, 1.165) is 81.6 Å². The molecule has 1 aliphatic carbocycles. The molecule has 37 heavy (non-hydrogen) atoms. The Morgan fingerprint density at radius 3 is 2.51 bits per heavy atom. The van der Waals surface area contributed by atoms with Gasteiger partial charge in [-0.25, -0.2) is 4.68 Å². The first kappa shape index (κ1) is 26.5. The van der Waals surface area contributed by atoms with Crippen LogP contribution in [0.5, 0.6) is 0 Å². The van der Waals surface area contributed by atoms with Crippen molar-refractivity contribution in [3.05, 3.63) is 29.6 Å². The van der Waals surface area contributed by atoms with Crippen LogP contribution in [0.15, 0.2) is 18.2 Å². The van der Waals surface area contributed by atoms with Crippen LogP contribution in [0.3, 0.4) is 0 Å². The maximum atomic E-state index is 6.12. The highest BCUT2D eigenvalue weighted by atomic mass is 16.6. The van der Waals surface area contributed by atoms with Crippen molar-refractivity contribution < 1.29 is 14.2 Å². The quantitative estimate of drug-likeness (QED) is 0.564. The predicted molar refractivity (Wildman–Crippen MR) is 143 cm³/mol. The van der Waals surface area contributed by atoms with E-state index in [9.17, 15) is 0 Å². The molecule has 3 aliphatic rings. The maximum absolute atomic E-state index is 6.12. The van der Waals surface area contributed by atoms with Gasteiger partial charge in [0.15, 0.2) is 5.82 Å². The van der Waals surface area contributed by atoms with Crippen molar-refractivity contribution in [1.29, 1.82) is 0 Å². The fourth-order valence-corrected chi connectivity index (χ4v) is 6.17. The molecule has 4 heterocycles. The molecule has 1 spiro atoms. The molecule has 3 fully saturated rings. The molecular weight excluding hydrogens is 468 g/mol. The molecule has 1 N–H and O–H groups in total. The highest BCUT2D eigenvalue weighted by molar-refractivity contribution is 5.38. The molecule has 0 aromatic carbocycles. The SMILES string of the molecule is COCc1cc(C(C)C)n(-c2ccc(NC3CCC(C)(CN4CCC5(CC4)COCCO5)CC3)nn2)n1. The monoisotopic (exact) mass is 512 g/mol. The molecule has 0 amide bonds. The average molecular weight is 513 g/mol. The molecular formula is C28H44N6O3. The van der Waals surface area contributed by atoms with Crippen molar-refractivity contribution in [1.82, 2.24) is 24.9 Å².